The minimum atomic E-state index is -0.317. The molecule has 3 heteroatoms. The molecule has 0 radical (unpaired) electrons. The summed E-state index contributed by atoms with van der Waals surface area (Å²) in [5, 5.41) is 3.10. The van der Waals surface area contributed by atoms with E-state index in [0.717, 1.165) is 31.6 Å². The Labute approximate surface area is 99.2 Å². The molecule has 0 bridgehead atoms. The summed E-state index contributed by atoms with van der Waals surface area (Å²) in [6.45, 7) is 6.60. The van der Waals surface area contributed by atoms with E-state index in [1.807, 2.05) is 0 Å². The Kier molecular flexibility index (Phi) is 5.26. The van der Waals surface area contributed by atoms with Crippen LogP contribution < -0.4 is 11.1 Å². The first kappa shape index (κ1) is 13.5. The number of hydrogen-bond donors (Lipinski definition) is 2. The summed E-state index contributed by atoms with van der Waals surface area (Å²) in [5.74, 6) is 1.35. The van der Waals surface area contributed by atoms with Crippen LogP contribution in [-0.2, 0) is 4.79 Å². The van der Waals surface area contributed by atoms with Gasteiger partial charge < -0.3 is 11.1 Å². The molecule has 1 fully saturated rings. The Hall–Kier alpha value is -0.570. The number of carbonyl (C=O) groups excluding carboxylic acids is 1. The third-order valence-electron chi connectivity index (χ3n) is 4.00. The standard InChI is InChI=1S/C13H26N2O/c1-4-5-6-11(14)13(16)15-12-8-7-9(2)10(12)3/h9-12H,4-8,14H2,1-3H3,(H,15,16)/t9?,10?,11-,12?/m0/s1. The molecule has 3 N–H and O–H groups in total. The van der Waals surface area contributed by atoms with Gasteiger partial charge in [0.15, 0.2) is 0 Å². The van der Waals surface area contributed by atoms with Crippen LogP contribution in [0.2, 0.25) is 0 Å². The second kappa shape index (κ2) is 6.24. The molecular weight excluding hydrogens is 200 g/mol. The molecule has 1 amide bonds. The average molecular weight is 226 g/mol. The lowest BCUT2D eigenvalue weighted by atomic mass is 9.97. The molecule has 0 aromatic carbocycles. The zero-order valence-electron chi connectivity index (χ0n) is 10.8. The van der Waals surface area contributed by atoms with E-state index in [2.05, 4.69) is 26.1 Å². The predicted octanol–water partition coefficient (Wildman–Crippen LogP) is 2.05. The van der Waals surface area contributed by atoms with Crippen LogP contribution in [0.5, 0.6) is 0 Å². The highest BCUT2D eigenvalue weighted by Crippen LogP contribution is 2.31. The van der Waals surface area contributed by atoms with Crippen LogP contribution in [0.1, 0.15) is 52.9 Å². The molecule has 0 spiro atoms. The highest BCUT2D eigenvalue weighted by molar-refractivity contribution is 5.81. The molecule has 0 heterocycles. The molecule has 4 atom stereocenters. The summed E-state index contributed by atoms with van der Waals surface area (Å²) < 4.78 is 0. The quantitative estimate of drug-likeness (QED) is 0.754. The van der Waals surface area contributed by atoms with Crippen LogP contribution in [-0.4, -0.2) is 18.0 Å². The number of hydrogen-bond acceptors (Lipinski definition) is 2. The number of rotatable bonds is 5. The number of nitrogens with two attached hydrogens (primary N) is 1. The van der Waals surface area contributed by atoms with Crippen molar-refractivity contribution in [2.24, 2.45) is 17.6 Å². The van der Waals surface area contributed by atoms with E-state index in [-0.39, 0.29) is 11.9 Å². The fraction of sp³-hybridized carbons (Fsp3) is 0.923. The third-order valence-corrected chi connectivity index (χ3v) is 4.00. The lowest BCUT2D eigenvalue weighted by Crippen LogP contribution is -2.46. The van der Waals surface area contributed by atoms with Gasteiger partial charge in [0.05, 0.1) is 6.04 Å². The second-order valence-electron chi connectivity index (χ2n) is 5.28. The number of nitrogens with one attached hydrogen (secondary N) is 1. The molecule has 1 saturated carbocycles. The van der Waals surface area contributed by atoms with Crippen LogP contribution in [0.4, 0.5) is 0 Å². The molecule has 0 saturated heterocycles. The smallest absolute Gasteiger partial charge is 0.237 e. The first-order chi connectivity index (χ1) is 7.56. The minimum absolute atomic E-state index is 0.0411. The Bertz CT molecular complexity index is 230. The molecule has 0 aromatic heterocycles. The maximum absolute atomic E-state index is 11.8. The van der Waals surface area contributed by atoms with Crippen molar-refractivity contribution < 1.29 is 4.79 Å². The second-order valence-corrected chi connectivity index (χ2v) is 5.28. The summed E-state index contributed by atoms with van der Waals surface area (Å²) in [4.78, 5) is 11.8. The zero-order valence-corrected chi connectivity index (χ0v) is 10.8. The van der Waals surface area contributed by atoms with Gasteiger partial charge in [0.1, 0.15) is 0 Å². The van der Waals surface area contributed by atoms with Crippen molar-refractivity contribution in [1.82, 2.24) is 5.32 Å². The molecule has 16 heavy (non-hydrogen) atoms. The molecule has 1 aliphatic carbocycles. The van der Waals surface area contributed by atoms with Crippen molar-refractivity contribution in [1.29, 1.82) is 0 Å². The maximum atomic E-state index is 11.8. The SMILES string of the molecule is CCCC[C@H](N)C(=O)NC1CCC(C)C1C. The Morgan fingerprint density at radius 2 is 2.12 bits per heavy atom. The molecule has 3 unspecified atom stereocenters. The lowest BCUT2D eigenvalue weighted by Gasteiger charge is -2.21. The van der Waals surface area contributed by atoms with Crippen LogP contribution in [0, 0.1) is 11.8 Å². The van der Waals surface area contributed by atoms with Crippen LogP contribution in [0.25, 0.3) is 0 Å². The fourth-order valence-electron chi connectivity index (χ4n) is 2.41. The Morgan fingerprint density at radius 1 is 1.44 bits per heavy atom. The molecule has 94 valence electrons. The third kappa shape index (κ3) is 3.48. The topological polar surface area (TPSA) is 55.1 Å². The molecule has 0 aliphatic heterocycles. The Morgan fingerprint density at radius 3 is 2.62 bits per heavy atom. The number of unbranched alkanes of at least 4 members (excludes halogenated alkanes) is 1. The lowest BCUT2D eigenvalue weighted by molar-refractivity contribution is -0.123. The van der Waals surface area contributed by atoms with Crippen molar-refractivity contribution in [2.45, 2.75) is 65.0 Å². The first-order valence-corrected chi connectivity index (χ1v) is 6.62. The highest BCUT2D eigenvalue weighted by Gasteiger charge is 2.31. The largest absolute Gasteiger partial charge is 0.352 e. The van der Waals surface area contributed by atoms with E-state index >= 15 is 0 Å². The molecule has 1 rings (SSSR count). The predicted molar refractivity (Wildman–Crippen MR) is 67.0 cm³/mol. The van der Waals surface area contributed by atoms with Gasteiger partial charge in [-0.25, -0.2) is 0 Å². The summed E-state index contributed by atoms with van der Waals surface area (Å²) in [7, 11) is 0. The van der Waals surface area contributed by atoms with Gasteiger partial charge in [0, 0.05) is 6.04 Å². The minimum Gasteiger partial charge on any atom is -0.352 e. The monoisotopic (exact) mass is 226 g/mol. The normalized spacial score (nSPS) is 31.4. The molecule has 3 nitrogen and oxygen atoms in total. The van der Waals surface area contributed by atoms with E-state index in [1.54, 1.807) is 0 Å². The van der Waals surface area contributed by atoms with Crippen LogP contribution in [0.15, 0.2) is 0 Å². The number of amides is 1. The molecular formula is C13H26N2O. The number of carbonyl (C=O) groups is 1. The highest BCUT2D eigenvalue weighted by atomic mass is 16.2. The van der Waals surface area contributed by atoms with Crippen molar-refractivity contribution in [3.8, 4) is 0 Å². The van der Waals surface area contributed by atoms with Gasteiger partial charge >= 0.3 is 0 Å². The van der Waals surface area contributed by atoms with Crippen LogP contribution >= 0.6 is 0 Å². The van der Waals surface area contributed by atoms with Gasteiger partial charge in [-0.15, -0.1) is 0 Å². The van der Waals surface area contributed by atoms with E-state index in [4.69, 9.17) is 5.73 Å². The zero-order chi connectivity index (χ0) is 12.1. The first-order valence-electron chi connectivity index (χ1n) is 6.62. The van der Waals surface area contributed by atoms with Gasteiger partial charge in [0.2, 0.25) is 5.91 Å². The van der Waals surface area contributed by atoms with Crippen LogP contribution in [0.3, 0.4) is 0 Å². The van der Waals surface area contributed by atoms with Crippen molar-refractivity contribution in [3.63, 3.8) is 0 Å². The van der Waals surface area contributed by atoms with E-state index in [0.29, 0.717) is 12.0 Å². The van der Waals surface area contributed by atoms with Crippen molar-refractivity contribution in [3.05, 3.63) is 0 Å². The van der Waals surface area contributed by atoms with Gasteiger partial charge in [-0.1, -0.05) is 33.6 Å². The van der Waals surface area contributed by atoms with Gasteiger partial charge in [-0.2, -0.15) is 0 Å². The summed E-state index contributed by atoms with van der Waals surface area (Å²) in [5.41, 5.74) is 5.85. The summed E-state index contributed by atoms with van der Waals surface area (Å²) in [6.07, 6.45) is 5.26. The molecule has 1 aliphatic rings. The van der Waals surface area contributed by atoms with Crippen molar-refractivity contribution >= 4 is 5.91 Å². The van der Waals surface area contributed by atoms with Gasteiger partial charge in [-0.05, 0) is 31.1 Å². The molecule has 0 aromatic rings. The maximum Gasteiger partial charge on any atom is 0.237 e. The van der Waals surface area contributed by atoms with E-state index < -0.39 is 0 Å². The summed E-state index contributed by atoms with van der Waals surface area (Å²) >= 11 is 0. The fourth-order valence-corrected chi connectivity index (χ4v) is 2.41. The Balaban J connectivity index is 2.33. The van der Waals surface area contributed by atoms with Gasteiger partial charge in [-0.3, -0.25) is 4.79 Å². The van der Waals surface area contributed by atoms with Crippen molar-refractivity contribution in [2.75, 3.05) is 0 Å². The van der Waals surface area contributed by atoms with E-state index in [9.17, 15) is 4.79 Å². The average Bonchev–Trinajstić information content (AvgIpc) is 2.57. The van der Waals surface area contributed by atoms with E-state index in [1.165, 1.54) is 6.42 Å². The van der Waals surface area contributed by atoms with Gasteiger partial charge in [0.25, 0.3) is 0 Å². The summed E-state index contributed by atoms with van der Waals surface area (Å²) in [6, 6.07) is 0.0261.